The number of allylic oxidation sites excluding steroid dienone is 2. The van der Waals surface area contributed by atoms with Gasteiger partial charge in [-0.15, -0.1) is 0 Å². The minimum absolute atomic E-state index is 0.0114. The van der Waals surface area contributed by atoms with E-state index < -0.39 is 12.0 Å². The van der Waals surface area contributed by atoms with E-state index in [9.17, 15) is 14.8 Å². The van der Waals surface area contributed by atoms with Crippen LogP contribution in [0.15, 0.2) is 54.2 Å². The smallest absolute Gasteiger partial charge is 0.168 e. The van der Waals surface area contributed by atoms with Crippen molar-refractivity contribution >= 4 is 11.3 Å². The van der Waals surface area contributed by atoms with Crippen LogP contribution in [0.25, 0.3) is 11.3 Å². The summed E-state index contributed by atoms with van der Waals surface area (Å²) in [5.74, 6) is -0.555. The molecule has 0 radical (unpaired) electrons. The third-order valence-corrected chi connectivity index (χ3v) is 6.74. The van der Waals surface area contributed by atoms with E-state index in [1.54, 1.807) is 13.2 Å². The minimum atomic E-state index is -0.827. The predicted molar refractivity (Wildman–Crippen MR) is 131 cm³/mol. The fraction of sp³-hybridized carbons (Fsp3) is 0.370. The molecule has 7 heteroatoms. The summed E-state index contributed by atoms with van der Waals surface area (Å²) in [6.07, 6.45) is 3.13. The molecule has 6 nitrogen and oxygen atoms in total. The van der Waals surface area contributed by atoms with Crippen LogP contribution in [-0.2, 0) is 11.3 Å². The number of likely N-dealkylation sites (tertiary alicyclic amines) is 1. The Morgan fingerprint density at radius 1 is 1.15 bits per heavy atom. The third kappa shape index (κ3) is 4.71. The van der Waals surface area contributed by atoms with Gasteiger partial charge >= 0.3 is 0 Å². The van der Waals surface area contributed by atoms with Crippen LogP contribution in [0.4, 0.5) is 4.39 Å². The lowest BCUT2D eigenvalue weighted by Gasteiger charge is -2.42. The molecule has 2 aromatic rings. The van der Waals surface area contributed by atoms with Crippen LogP contribution >= 0.6 is 0 Å². The van der Waals surface area contributed by atoms with Crippen LogP contribution in [0.3, 0.4) is 0 Å². The first-order valence-corrected chi connectivity index (χ1v) is 11.5. The zero-order valence-corrected chi connectivity index (χ0v) is 19.9. The van der Waals surface area contributed by atoms with Gasteiger partial charge in [0.25, 0.3) is 0 Å². The number of likely N-dealkylation sites (N-methyl/N-ethyl adjacent to an activating group) is 1. The maximum atomic E-state index is 14.6. The molecule has 0 amide bonds. The molecule has 2 aromatic carbocycles. The van der Waals surface area contributed by atoms with Crippen molar-refractivity contribution in [2.75, 3.05) is 34.3 Å². The Morgan fingerprint density at radius 3 is 2.41 bits per heavy atom. The zero-order valence-electron chi connectivity index (χ0n) is 19.9. The van der Waals surface area contributed by atoms with Gasteiger partial charge in [-0.2, -0.15) is 5.26 Å². The summed E-state index contributed by atoms with van der Waals surface area (Å²) in [7, 11) is 5.49. The van der Waals surface area contributed by atoms with Crippen molar-refractivity contribution in [3.63, 3.8) is 0 Å². The van der Waals surface area contributed by atoms with Crippen LogP contribution in [0.2, 0.25) is 0 Å². The summed E-state index contributed by atoms with van der Waals surface area (Å²) in [5, 5.41) is 23.8. The second-order valence-corrected chi connectivity index (χ2v) is 8.80. The summed E-state index contributed by atoms with van der Waals surface area (Å²) in [5.41, 5.74) is 5.03. The number of aliphatic hydroxyl groups is 1. The molecule has 0 spiro atoms. The van der Waals surface area contributed by atoms with Crippen molar-refractivity contribution < 1.29 is 14.2 Å². The van der Waals surface area contributed by atoms with Gasteiger partial charge in [-0.25, -0.2) is 4.39 Å². The van der Waals surface area contributed by atoms with Gasteiger partial charge in [0, 0.05) is 38.9 Å². The number of hydrogen-bond donors (Lipinski definition) is 2. The Hall–Kier alpha value is -3.18. The van der Waals surface area contributed by atoms with Crippen molar-refractivity contribution in [1.82, 2.24) is 15.1 Å². The molecule has 4 rings (SSSR count). The van der Waals surface area contributed by atoms with Gasteiger partial charge in [0.2, 0.25) is 0 Å². The van der Waals surface area contributed by atoms with E-state index in [2.05, 4.69) is 10.2 Å². The number of methoxy groups -OCH3 is 1. The third-order valence-electron chi connectivity index (χ3n) is 6.74. The average molecular weight is 463 g/mol. The topological polar surface area (TPSA) is 71.8 Å². The molecule has 2 aliphatic heterocycles. The summed E-state index contributed by atoms with van der Waals surface area (Å²) in [6.45, 7) is 2.18. The molecule has 0 bridgehead atoms. The van der Waals surface area contributed by atoms with Crippen molar-refractivity contribution in [2.24, 2.45) is 0 Å². The molecule has 2 N–H and O–H groups in total. The number of nitrogens with one attached hydrogen (secondary N) is 1. The van der Waals surface area contributed by atoms with Crippen molar-refractivity contribution in [3.05, 3.63) is 82.3 Å². The molecule has 1 unspecified atom stereocenters. The number of benzene rings is 2. The molecule has 2 heterocycles. The van der Waals surface area contributed by atoms with E-state index in [1.807, 2.05) is 55.4 Å². The van der Waals surface area contributed by atoms with E-state index in [0.717, 1.165) is 54.0 Å². The summed E-state index contributed by atoms with van der Waals surface area (Å²) >= 11 is 0. The summed E-state index contributed by atoms with van der Waals surface area (Å²) in [6, 6.07) is 15.0. The molecule has 1 atom stereocenters. The first-order chi connectivity index (χ1) is 16.5. The number of hydrogen-bond acceptors (Lipinski definition) is 6. The average Bonchev–Trinajstić information content (AvgIpc) is 2.86. The highest BCUT2D eigenvalue weighted by Gasteiger charge is 2.32. The molecule has 2 aliphatic rings. The van der Waals surface area contributed by atoms with E-state index in [0.29, 0.717) is 18.2 Å². The fourth-order valence-corrected chi connectivity index (χ4v) is 4.76. The molecular weight excluding hydrogens is 431 g/mol. The number of rotatable bonds is 6. The van der Waals surface area contributed by atoms with Crippen LogP contribution in [0.1, 0.15) is 35.1 Å². The van der Waals surface area contributed by atoms with Gasteiger partial charge in [-0.1, -0.05) is 30.3 Å². The molecular formula is C27H31FN4O2. The number of nitrogens with zero attached hydrogens (tertiary/aromatic N) is 3. The van der Waals surface area contributed by atoms with E-state index in [1.165, 1.54) is 12.1 Å². The lowest BCUT2D eigenvalue weighted by molar-refractivity contribution is 0.0577. The van der Waals surface area contributed by atoms with Gasteiger partial charge in [-0.05, 0) is 54.8 Å². The fourth-order valence-electron chi connectivity index (χ4n) is 4.76. The van der Waals surface area contributed by atoms with Crippen molar-refractivity contribution in [2.45, 2.75) is 31.7 Å². The van der Waals surface area contributed by atoms with Crippen molar-refractivity contribution in [3.8, 4) is 6.07 Å². The largest absolute Gasteiger partial charge is 0.380 e. The highest BCUT2D eigenvalue weighted by molar-refractivity contribution is 5.96. The molecule has 178 valence electrons. The Morgan fingerprint density at radius 2 is 1.82 bits per heavy atom. The zero-order chi connectivity index (χ0) is 24.2. The van der Waals surface area contributed by atoms with Crippen molar-refractivity contribution in [1.29, 1.82) is 5.26 Å². The van der Waals surface area contributed by atoms with E-state index in [4.69, 9.17) is 4.74 Å². The van der Waals surface area contributed by atoms with Crippen LogP contribution < -0.4 is 5.32 Å². The second kappa shape index (κ2) is 10.4. The molecule has 1 saturated heterocycles. The first-order valence-electron chi connectivity index (χ1n) is 11.5. The molecule has 0 aliphatic carbocycles. The highest BCUT2D eigenvalue weighted by Crippen LogP contribution is 2.38. The van der Waals surface area contributed by atoms with Crippen LogP contribution in [0, 0.1) is 17.1 Å². The lowest BCUT2D eigenvalue weighted by Crippen LogP contribution is -2.46. The van der Waals surface area contributed by atoms with Crippen LogP contribution in [0.5, 0.6) is 0 Å². The summed E-state index contributed by atoms with van der Waals surface area (Å²) < 4.78 is 19.8. The normalized spacial score (nSPS) is 19.3. The standard InChI is InChI=1S/C27H31FN4O2/c1-30-22-10-12-32(13-11-22)25-15-23(20-8-9-21(16-29)24(28)14-20)26(31(2)27(25)33)19-6-4-18(5-7-19)17-34-3/h4-9,14-15,22,27,30,33H,10-13,17H2,1-3H3. The SMILES string of the molecule is CNC1CCN(C2=CC(c3ccc(C#N)c(F)c3)=C(c3ccc(COC)cc3)N(C)C2O)CC1. The highest BCUT2D eigenvalue weighted by atomic mass is 19.1. The quantitative estimate of drug-likeness (QED) is 0.684. The van der Waals surface area contributed by atoms with E-state index in [-0.39, 0.29) is 5.56 Å². The lowest BCUT2D eigenvalue weighted by atomic mass is 9.92. The summed E-state index contributed by atoms with van der Waals surface area (Å²) in [4.78, 5) is 4.06. The predicted octanol–water partition coefficient (Wildman–Crippen LogP) is 3.54. The Bertz CT molecular complexity index is 1130. The Kier molecular flexibility index (Phi) is 7.32. The molecule has 34 heavy (non-hydrogen) atoms. The van der Waals surface area contributed by atoms with Crippen LogP contribution in [-0.4, -0.2) is 61.5 Å². The number of nitriles is 1. The maximum absolute atomic E-state index is 14.6. The van der Waals surface area contributed by atoms with Gasteiger partial charge in [-0.3, -0.25) is 0 Å². The monoisotopic (exact) mass is 462 g/mol. The first kappa shape index (κ1) is 24.0. The van der Waals surface area contributed by atoms with Gasteiger partial charge in [0.15, 0.2) is 6.23 Å². The Labute approximate surface area is 200 Å². The van der Waals surface area contributed by atoms with E-state index >= 15 is 0 Å². The number of ether oxygens (including phenoxy) is 1. The van der Waals surface area contributed by atoms with Gasteiger partial charge in [0.05, 0.1) is 23.6 Å². The second-order valence-electron chi connectivity index (χ2n) is 8.80. The molecule has 1 fully saturated rings. The number of aliphatic hydroxyl groups excluding tert-OH is 1. The number of halogens is 1. The molecule has 0 saturated carbocycles. The Balaban J connectivity index is 1.82. The molecule has 0 aromatic heterocycles. The maximum Gasteiger partial charge on any atom is 0.168 e. The van der Waals surface area contributed by atoms with Gasteiger partial charge in [0.1, 0.15) is 11.9 Å². The van der Waals surface area contributed by atoms with Gasteiger partial charge < -0.3 is 25.0 Å². The minimum Gasteiger partial charge on any atom is -0.380 e. The number of piperidine rings is 1.